The zero-order valence-electron chi connectivity index (χ0n) is 15.2. The Morgan fingerprint density at radius 3 is 2.40 bits per heavy atom. The van der Waals surface area contributed by atoms with Crippen molar-refractivity contribution in [2.24, 2.45) is 0 Å². The van der Waals surface area contributed by atoms with Crippen LogP contribution in [-0.2, 0) is 28.6 Å². The summed E-state index contributed by atoms with van der Waals surface area (Å²) in [7, 11) is 1.63. The van der Waals surface area contributed by atoms with Crippen molar-refractivity contribution in [1.29, 1.82) is 0 Å². The van der Waals surface area contributed by atoms with E-state index in [1.54, 1.807) is 7.11 Å². The Labute approximate surface area is 153 Å². The summed E-state index contributed by atoms with van der Waals surface area (Å²) in [5.41, 5.74) is 0. The van der Waals surface area contributed by atoms with Crippen LogP contribution in [0.2, 0.25) is 0 Å². The molecule has 1 rings (SSSR count). The number of carbonyl (C=O) groups excluding carboxylic acids is 3. The Morgan fingerprint density at radius 2 is 1.76 bits per heavy atom. The minimum Gasteiger partial charge on any atom is -0.382 e. The van der Waals surface area contributed by atoms with Gasteiger partial charge < -0.3 is 14.2 Å². The molecule has 25 heavy (non-hydrogen) atoms. The summed E-state index contributed by atoms with van der Waals surface area (Å²) < 4.78 is 15.5. The van der Waals surface area contributed by atoms with Crippen LogP contribution in [0.4, 0.5) is 0 Å². The van der Waals surface area contributed by atoms with Crippen LogP contribution >= 0.6 is 11.8 Å². The van der Waals surface area contributed by atoms with Gasteiger partial charge in [0.2, 0.25) is 11.8 Å². The Hall–Kier alpha value is -0.960. The van der Waals surface area contributed by atoms with Crippen LogP contribution in [0.5, 0.6) is 0 Å². The van der Waals surface area contributed by atoms with Crippen molar-refractivity contribution < 1.29 is 28.6 Å². The zero-order valence-corrected chi connectivity index (χ0v) is 16.0. The number of rotatable bonds is 15. The van der Waals surface area contributed by atoms with Gasteiger partial charge in [0.25, 0.3) is 0 Å². The van der Waals surface area contributed by atoms with Crippen LogP contribution in [-0.4, -0.2) is 80.7 Å². The number of ether oxygens (including phenoxy) is 3. The first-order valence-corrected chi connectivity index (χ1v) is 9.92. The highest BCUT2D eigenvalue weighted by Crippen LogP contribution is 2.23. The minimum atomic E-state index is -0.279. The number of ketones is 1. The summed E-state index contributed by atoms with van der Waals surface area (Å²) in [6.45, 7) is 3.02. The molecule has 0 aliphatic carbocycles. The van der Waals surface area contributed by atoms with Gasteiger partial charge >= 0.3 is 0 Å². The van der Waals surface area contributed by atoms with Crippen molar-refractivity contribution in [2.75, 3.05) is 52.9 Å². The number of thioether (sulfide) groups is 1. The van der Waals surface area contributed by atoms with Crippen molar-refractivity contribution in [3.63, 3.8) is 0 Å². The fourth-order valence-corrected chi connectivity index (χ4v) is 3.06. The van der Waals surface area contributed by atoms with E-state index in [4.69, 9.17) is 14.2 Å². The molecule has 1 saturated heterocycles. The third kappa shape index (κ3) is 8.80. The number of hydrogen-bond acceptors (Lipinski definition) is 7. The van der Waals surface area contributed by atoms with E-state index in [1.165, 1.54) is 16.7 Å². The van der Waals surface area contributed by atoms with Gasteiger partial charge in [0.15, 0.2) is 0 Å². The molecule has 1 fully saturated rings. The second-order valence-electron chi connectivity index (χ2n) is 5.78. The van der Waals surface area contributed by atoms with E-state index in [1.807, 2.05) is 6.26 Å². The topological polar surface area (TPSA) is 82.1 Å². The van der Waals surface area contributed by atoms with Crippen LogP contribution in [0, 0.1) is 0 Å². The Morgan fingerprint density at radius 1 is 1.08 bits per heavy atom. The highest BCUT2D eigenvalue weighted by atomic mass is 32.2. The number of methoxy groups -OCH3 is 1. The number of hydrogen-bond donors (Lipinski definition) is 0. The molecule has 1 aliphatic heterocycles. The first-order chi connectivity index (χ1) is 12.1. The van der Waals surface area contributed by atoms with Crippen LogP contribution in [0.15, 0.2) is 0 Å². The standard InChI is InChI=1S/C17H29NO6S/c1-22-9-10-24-12-11-23-8-4-3-5-14(19)6-7-18-16(20)13-15(25-2)17(18)21/h15H,3-13H2,1-2H3. The third-order valence-corrected chi connectivity index (χ3v) is 4.84. The van der Waals surface area contributed by atoms with Crippen LogP contribution < -0.4 is 0 Å². The number of likely N-dealkylation sites (tertiary alicyclic amines) is 1. The molecule has 0 radical (unpaired) electrons. The summed E-state index contributed by atoms with van der Waals surface area (Å²) in [5, 5.41) is -0.279. The largest absolute Gasteiger partial charge is 0.382 e. The Bertz CT molecular complexity index is 431. The minimum absolute atomic E-state index is 0.0797. The van der Waals surface area contributed by atoms with Gasteiger partial charge in [0.1, 0.15) is 5.78 Å². The monoisotopic (exact) mass is 375 g/mol. The summed E-state index contributed by atoms with van der Waals surface area (Å²) in [6, 6.07) is 0. The lowest BCUT2D eigenvalue weighted by atomic mass is 10.1. The smallest absolute Gasteiger partial charge is 0.242 e. The van der Waals surface area contributed by atoms with Crippen LogP contribution in [0.3, 0.4) is 0 Å². The number of Topliss-reactive ketones (excluding diaryl/α,β-unsaturated/α-hetero) is 1. The molecular formula is C17H29NO6S. The van der Waals surface area contributed by atoms with E-state index < -0.39 is 0 Å². The van der Waals surface area contributed by atoms with Crippen molar-refractivity contribution in [2.45, 2.75) is 37.4 Å². The van der Waals surface area contributed by atoms with Gasteiger partial charge in [0, 0.05) is 39.5 Å². The second kappa shape index (κ2) is 13.3. The van der Waals surface area contributed by atoms with Gasteiger partial charge in [-0.15, -0.1) is 0 Å². The first kappa shape index (κ1) is 22.1. The van der Waals surface area contributed by atoms with Gasteiger partial charge in [-0.05, 0) is 19.1 Å². The number of nitrogens with zero attached hydrogens (tertiary/aromatic N) is 1. The highest BCUT2D eigenvalue weighted by Gasteiger charge is 2.37. The summed E-state index contributed by atoms with van der Waals surface area (Å²) in [5.74, 6) is -0.249. The molecule has 0 bridgehead atoms. The molecule has 8 heteroatoms. The number of carbonyl (C=O) groups is 3. The molecule has 1 heterocycles. The third-order valence-electron chi connectivity index (χ3n) is 3.90. The molecule has 0 aromatic rings. The molecular weight excluding hydrogens is 346 g/mol. The van der Waals surface area contributed by atoms with Crippen LogP contribution in [0.25, 0.3) is 0 Å². The quantitative estimate of drug-likeness (QED) is 0.315. The fraction of sp³-hybridized carbons (Fsp3) is 0.824. The molecule has 0 spiro atoms. The molecule has 1 aliphatic rings. The molecule has 0 N–H and O–H groups in total. The molecule has 0 saturated carbocycles. The van der Waals surface area contributed by atoms with E-state index in [0.717, 1.165) is 12.8 Å². The Balaban J connectivity index is 1.99. The molecule has 0 aromatic carbocycles. The van der Waals surface area contributed by atoms with Gasteiger partial charge in [-0.2, -0.15) is 11.8 Å². The first-order valence-electron chi connectivity index (χ1n) is 8.63. The van der Waals surface area contributed by atoms with Gasteiger partial charge in [-0.25, -0.2) is 0 Å². The van der Waals surface area contributed by atoms with Gasteiger partial charge in [-0.1, -0.05) is 0 Å². The van der Waals surface area contributed by atoms with E-state index in [0.29, 0.717) is 39.5 Å². The van der Waals surface area contributed by atoms with Crippen molar-refractivity contribution >= 4 is 29.4 Å². The maximum Gasteiger partial charge on any atom is 0.242 e. The Kier molecular flexibility index (Phi) is 11.7. The number of imide groups is 1. The van der Waals surface area contributed by atoms with E-state index >= 15 is 0 Å². The highest BCUT2D eigenvalue weighted by molar-refractivity contribution is 8.00. The molecule has 1 atom stereocenters. The summed E-state index contributed by atoms with van der Waals surface area (Å²) >= 11 is 1.38. The summed E-state index contributed by atoms with van der Waals surface area (Å²) in [6.07, 6.45) is 4.32. The maximum absolute atomic E-state index is 11.9. The lowest BCUT2D eigenvalue weighted by Crippen LogP contribution is -2.33. The normalized spacial score (nSPS) is 17.5. The average molecular weight is 375 g/mol. The number of unbranched alkanes of at least 4 members (excludes halogenated alkanes) is 1. The fourth-order valence-electron chi connectivity index (χ4n) is 2.42. The predicted molar refractivity (Wildman–Crippen MR) is 95.6 cm³/mol. The second-order valence-corrected chi connectivity index (χ2v) is 6.82. The van der Waals surface area contributed by atoms with Crippen molar-refractivity contribution in [3.05, 3.63) is 0 Å². The molecule has 0 aromatic heterocycles. The van der Waals surface area contributed by atoms with Crippen molar-refractivity contribution in [3.8, 4) is 0 Å². The molecule has 2 amide bonds. The lowest BCUT2D eigenvalue weighted by Gasteiger charge is -2.13. The summed E-state index contributed by atoms with van der Waals surface area (Å²) in [4.78, 5) is 36.8. The zero-order chi connectivity index (χ0) is 18.5. The van der Waals surface area contributed by atoms with Gasteiger partial charge in [0.05, 0.1) is 31.7 Å². The lowest BCUT2D eigenvalue weighted by molar-refractivity contribution is -0.138. The van der Waals surface area contributed by atoms with E-state index in [2.05, 4.69) is 0 Å². The number of amides is 2. The van der Waals surface area contributed by atoms with E-state index in [9.17, 15) is 14.4 Å². The molecule has 1 unspecified atom stereocenters. The molecule has 7 nitrogen and oxygen atoms in total. The maximum atomic E-state index is 11.9. The molecule has 144 valence electrons. The van der Waals surface area contributed by atoms with Gasteiger partial charge in [-0.3, -0.25) is 19.3 Å². The average Bonchev–Trinajstić information content (AvgIpc) is 2.88. The van der Waals surface area contributed by atoms with E-state index in [-0.39, 0.29) is 42.2 Å². The SMILES string of the molecule is COCCOCCOCCCCC(=O)CCN1C(=O)CC(SC)C1=O. The predicted octanol–water partition coefficient (Wildman–Crippen LogP) is 1.29. The van der Waals surface area contributed by atoms with Crippen LogP contribution in [0.1, 0.15) is 32.1 Å². The van der Waals surface area contributed by atoms with Crippen molar-refractivity contribution in [1.82, 2.24) is 4.90 Å².